The maximum Gasteiger partial charge on any atom is 0.129 e. The van der Waals surface area contributed by atoms with Crippen LogP contribution in [-0.2, 0) is 0 Å². The van der Waals surface area contributed by atoms with Gasteiger partial charge in [-0.25, -0.2) is 9.97 Å². The van der Waals surface area contributed by atoms with Crippen molar-refractivity contribution >= 4 is 5.82 Å². The van der Waals surface area contributed by atoms with Gasteiger partial charge >= 0.3 is 0 Å². The van der Waals surface area contributed by atoms with Gasteiger partial charge < -0.3 is 5.32 Å². The second-order valence-corrected chi connectivity index (χ2v) is 4.70. The van der Waals surface area contributed by atoms with Gasteiger partial charge in [0.2, 0.25) is 0 Å². The number of likely N-dealkylation sites (tertiary alicyclic amines) is 1. The van der Waals surface area contributed by atoms with E-state index in [0.29, 0.717) is 6.04 Å². The van der Waals surface area contributed by atoms with E-state index in [1.807, 2.05) is 13.0 Å². The van der Waals surface area contributed by atoms with Crippen LogP contribution in [-0.4, -0.2) is 40.5 Å². The van der Waals surface area contributed by atoms with Gasteiger partial charge in [-0.2, -0.15) is 0 Å². The van der Waals surface area contributed by atoms with Crippen LogP contribution in [0.3, 0.4) is 0 Å². The summed E-state index contributed by atoms with van der Waals surface area (Å²) in [5.41, 5.74) is 1.01. The van der Waals surface area contributed by atoms with Crippen molar-refractivity contribution in [3.8, 4) is 0 Å². The van der Waals surface area contributed by atoms with Crippen LogP contribution in [0.4, 0.5) is 5.82 Å². The van der Waals surface area contributed by atoms with E-state index in [0.717, 1.165) is 24.6 Å². The summed E-state index contributed by atoms with van der Waals surface area (Å²) < 4.78 is 0. The number of nitrogens with zero attached hydrogens (tertiary/aromatic N) is 3. The van der Waals surface area contributed by atoms with Crippen LogP contribution >= 0.6 is 0 Å². The molecule has 0 aliphatic carbocycles. The second-order valence-electron chi connectivity index (χ2n) is 4.70. The Kier molecular flexibility index (Phi) is 4.31. The van der Waals surface area contributed by atoms with E-state index in [1.165, 1.54) is 25.8 Å². The van der Waals surface area contributed by atoms with Gasteiger partial charge in [0.05, 0.1) is 0 Å². The largest absolute Gasteiger partial charge is 0.368 e. The van der Waals surface area contributed by atoms with Gasteiger partial charge in [0.25, 0.3) is 0 Å². The summed E-state index contributed by atoms with van der Waals surface area (Å²) in [6, 6.07) is 2.66. The molecule has 0 unspecified atom stereocenters. The first-order chi connectivity index (χ1) is 8.29. The molecule has 0 radical (unpaired) electrons. The van der Waals surface area contributed by atoms with Crippen LogP contribution in [0.25, 0.3) is 0 Å². The molecule has 1 aliphatic rings. The highest BCUT2D eigenvalue weighted by Gasteiger charge is 2.20. The Bertz CT molecular complexity index is 353. The number of aryl methyl sites for hydroxylation is 1. The lowest BCUT2D eigenvalue weighted by Crippen LogP contribution is -2.43. The van der Waals surface area contributed by atoms with Crippen molar-refractivity contribution in [3.05, 3.63) is 18.1 Å². The summed E-state index contributed by atoms with van der Waals surface area (Å²) in [5, 5.41) is 3.43. The standard InChI is InChI=1S/C13H22N4/c1-3-17-7-5-4-6-12(17)9-14-13-8-11(2)15-10-16-13/h8,10,12H,3-7,9H2,1-2H3,(H,14,15,16)/t12-/m1/s1. The van der Waals surface area contributed by atoms with Crippen LogP contribution in [0.15, 0.2) is 12.4 Å². The van der Waals surface area contributed by atoms with Crippen LogP contribution < -0.4 is 5.32 Å². The molecule has 2 rings (SSSR count). The maximum atomic E-state index is 4.23. The molecule has 1 fully saturated rings. The minimum absolute atomic E-state index is 0.657. The monoisotopic (exact) mass is 234 g/mol. The van der Waals surface area contributed by atoms with Crippen LogP contribution in [0.1, 0.15) is 31.9 Å². The Hall–Kier alpha value is -1.16. The smallest absolute Gasteiger partial charge is 0.129 e. The molecule has 4 heteroatoms. The summed E-state index contributed by atoms with van der Waals surface area (Å²) in [4.78, 5) is 10.9. The molecule has 1 saturated heterocycles. The molecule has 17 heavy (non-hydrogen) atoms. The number of aromatic nitrogens is 2. The van der Waals surface area contributed by atoms with Gasteiger partial charge in [-0.15, -0.1) is 0 Å². The molecule has 4 nitrogen and oxygen atoms in total. The minimum Gasteiger partial charge on any atom is -0.368 e. The van der Waals surface area contributed by atoms with Crippen LogP contribution in [0, 0.1) is 6.92 Å². The molecular weight excluding hydrogens is 212 g/mol. The van der Waals surface area contributed by atoms with Gasteiger partial charge in [-0.1, -0.05) is 13.3 Å². The Morgan fingerprint density at radius 3 is 3.06 bits per heavy atom. The molecule has 1 aromatic heterocycles. The molecule has 0 amide bonds. The molecule has 1 atom stereocenters. The van der Waals surface area contributed by atoms with Gasteiger partial charge in [0.1, 0.15) is 12.1 Å². The Morgan fingerprint density at radius 1 is 1.41 bits per heavy atom. The molecule has 1 aromatic rings. The predicted molar refractivity (Wildman–Crippen MR) is 70.1 cm³/mol. The molecule has 1 aliphatic heterocycles. The molecular formula is C13H22N4. The number of hydrogen-bond donors (Lipinski definition) is 1. The van der Waals surface area contributed by atoms with Crippen molar-refractivity contribution in [2.75, 3.05) is 25.0 Å². The highest BCUT2D eigenvalue weighted by atomic mass is 15.2. The summed E-state index contributed by atoms with van der Waals surface area (Å²) in [5.74, 6) is 0.944. The topological polar surface area (TPSA) is 41.0 Å². The number of nitrogens with one attached hydrogen (secondary N) is 1. The SMILES string of the molecule is CCN1CCCC[C@@H]1CNc1cc(C)ncn1. The first-order valence-corrected chi connectivity index (χ1v) is 6.56. The van der Waals surface area contributed by atoms with Crippen LogP contribution in [0.5, 0.6) is 0 Å². The van der Waals surface area contributed by atoms with E-state index in [9.17, 15) is 0 Å². The lowest BCUT2D eigenvalue weighted by atomic mass is 10.0. The lowest BCUT2D eigenvalue weighted by Gasteiger charge is -2.35. The third-order valence-corrected chi connectivity index (χ3v) is 3.48. The van der Waals surface area contributed by atoms with Crippen molar-refractivity contribution in [3.63, 3.8) is 0 Å². The molecule has 2 heterocycles. The van der Waals surface area contributed by atoms with E-state index < -0.39 is 0 Å². The van der Waals surface area contributed by atoms with E-state index in [4.69, 9.17) is 0 Å². The number of likely N-dealkylation sites (N-methyl/N-ethyl adjacent to an activating group) is 1. The molecule has 0 bridgehead atoms. The summed E-state index contributed by atoms with van der Waals surface area (Å²) in [6.45, 7) is 7.62. The number of rotatable bonds is 4. The molecule has 0 saturated carbocycles. The van der Waals surface area contributed by atoms with Crippen molar-refractivity contribution in [1.82, 2.24) is 14.9 Å². The fourth-order valence-electron chi connectivity index (χ4n) is 2.48. The quantitative estimate of drug-likeness (QED) is 0.866. The van der Waals surface area contributed by atoms with Crippen molar-refractivity contribution < 1.29 is 0 Å². The minimum atomic E-state index is 0.657. The van der Waals surface area contributed by atoms with Crippen molar-refractivity contribution in [1.29, 1.82) is 0 Å². The fourth-order valence-corrected chi connectivity index (χ4v) is 2.48. The van der Waals surface area contributed by atoms with Crippen molar-refractivity contribution in [2.24, 2.45) is 0 Å². The predicted octanol–water partition coefficient (Wildman–Crippen LogP) is 2.07. The van der Waals surface area contributed by atoms with E-state index >= 15 is 0 Å². The Morgan fingerprint density at radius 2 is 2.29 bits per heavy atom. The number of hydrogen-bond acceptors (Lipinski definition) is 4. The average Bonchev–Trinajstić information content (AvgIpc) is 2.37. The summed E-state index contributed by atoms with van der Waals surface area (Å²) >= 11 is 0. The third kappa shape index (κ3) is 3.40. The molecule has 0 aromatic carbocycles. The van der Waals surface area contributed by atoms with Gasteiger partial charge in [0.15, 0.2) is 0 Å². The second kappa shape index (κ2) is 5.96. The zero-order chi connectivity index (χ0) is 12.1. The number of piperidine rings is 1. The third-order valence-electron chi connectivity index (χ3n) is 3.48. The van der Waals surface area contributed by atoms with Gasteiger partial charge in [-0.05, 0) is 32.9 Å². The zero-order valence-electron chi connectivity index (χ0n) is 10.8. The Balaban J connectivity index is 1.88. The summed E-state index contributed by atoms with van der Waals surface area (Å²) in [7, 11) is 0. The molecule has 0 spiro atoms. The lowest BCUT2D eigenvalue weighted by molar-refractivity contribution is 0.164. The molecule has 94 valence electrons. The van der Waals surface area contributed by atoms with E-state index in [1.54, 1.807) is 6.33 Å². The zero-order valence-corrected chi connectivity index (χ0v) is 10.8. The fraction of sp³-hybridized carbons (Fsp3) is 0.692. The normalized spacial score (nSPS) is 21.4. The van der Waals surface area contributed by atoms with Gasteiger partial charge in [-0.3, -0.25) is 4.90 Å². The highest BCUT2D eigenvalue weighted by molar-refractivity contribution is 5.34. The van der Waals surface area contributed by atoms with E-state index in [2.05, 4.69) is 27.1 Å². The Labute approximate surface area is 103 Å². The summed E-state index contributed by atoms with van der Waals surface area (Å²) in [6.07, 6.45) is 5.61. The maximum absolute atomic E-state index is 4.23. The van der Waals surface area contributed by atoms with Crippen molar-refractivity contribution in [2.45, 2.75) is 39.2 Å². The molecule has 1 N–H and O–H groups in total. The highest BCUT2D eigenvalue weighted by Crippen LogP contribution is 2.17. The van der Waals surface area contributed by atoms with Crippen LogP contribution in [0.2, 0.25) is 0 Å². The average molecular weight is 234 g/mol. The van der Waals surface area contributed by atoms with Gasteiger partial charge in [0, 0.05) is 24.3 Å². The first-order valence-electron chi connectivity index (χ1n) is 6.56. The van der Waals surface area contributed by atoms with E-state index in [-0.39, 0.29) is 0 Å². The number of anilines is 1. The first kappa shape index (κ1) is 12.3.